The molecular formula is C13H13N3OSe. The van der Waals surface area contributed by atoms with Crippen LogP contribution in [0.15, 0.2) is 41.0 Å². The SMILES string of the molecule is CCC(Nc1cccc2n[se]nc12)c1ccco1. The van der Waals surface area contributed by atoms with E-state index in [0.29, 0.717) is 0 Å². The molecule has 3 rings (SSSR count). The van der Waals surface area contributed by atoms with Gasteiger partial charge in [0.15, 0.2) is 0 Å². The first kappa shape index (κ1) is 11.5. The van der Waals surface area contributed by atoms with Crippen LogP contribution in [0.4, 0.5) is 5.69 Å². The fraction of sp³-hybridized carbons (Fsp3) is 0.231. The summed E-state index contributed by atoms with van der Waals surface area (Å²) in [5.74, 6) is 0.954. The van der Waals surface area contributed by atoms with Gasteiger partial charge in [-0.15, -0.1) is 0 Å². The number of nitrogens with zero attached hydrogens (tertiary/aromatic N) is 2. The number of anilines is 1. The molecule has 1 aromatic carbocycles. The molecule has 18 heavy (non-hydrogen) atoms. The molecule has 0 aliphatic carbocycles. The van der Waals surface area contributed by atoms with Crippen LogP contribution < -0.4 is 5.32 Å². The Hall–Kier alpha value is -1.58. The molecule has 0 aliphatic heterocycles. The minimum absolute atomic E-state index is 0.00646. The summed E-state index contributed by atoms with van der Waals surface area (Å²) in [5, 5.41) is 3.49. The van der Waals surface area contributed by atoms with Crippen LogP contribution in [0.2, 0.25) is 0 Å². The Labute approximate surface area is 111 Å². The van der Waals surface area contributed by atoms with Crippen molar-refractivity contribution in [1.82, 2.24) is 7.96 Å². The molecule has 0 radical (unpaired) electrons. The second-order valence-corrected chi connectivity index (χ2v) is 5.17. The van der Waals surface area contributed by atoms with Crippen LogP contribution in [0.1, 0.15) is 25.1 Å². The number of hydrogen-bond acceptors (Lipinski definition) is 4. The van der Waals surface area contributed by atoms with Crippen molar-refractivity contribution in [3.8, 4) is 0 Å². The van der Waals surface area contributed by atoms with Gasteiger partial charge in [0.2, 0.25) is 0 Å². The second kappa shape index (κ2) is 4.96. The Kier molecular flexibility index (Phi) is 3.17. The van der Waals surface area contributed by atoms with Crippen LogP contribution in [-0.4, -0.2) is 22.9 Å². The molecule has 0 fully saturated rings. The van der Waals surface area contributed by atoms with Crippen LogP contribution in [0.3, 0.4) is 0 Å². The molecule has 0 amide bonds. The molecule has 5 heteroatoms. The van der Waals surface area contributed by atoms with Gasteiger partial charge in [-0.1, -0.05) is 0 Å². The molecule has 2 heterocycles. The third kappa shape index (κ3) is 2.07. The normalized spacial score (nSPS) is 12.7. The van der Waals surface area contributed by atoms with Crippen molar-refractivity contribution in [1.29, 1.82) is 0 Å². The van der Waals surface area contributed by atoms with Crippen LogP contribution in [-0.2, 0) is 0 Å². The van der Waals surface area contributed by atoms with E-state index in [4.69, 9.17) is 4.42 Å². The third-order valence-corrected chi connectivity index (χ3v) is 4.05. The van der Waals surface area contributed by atoms with Crippen LogP contribution in [0, 0.1) is 0 Å². The number of rotatable bonds is 4. The van der Waals surface area contributed by atoms with E-state index in [1.807, 2.05) is 30.3 Å². The Balaban J connectivity index is 1.93. The molecule has 4 nitrogen and oxygen atoms in total. The molecule has 0 bridgehead atoms. The molecule has 0 spiro atoms. The van der Waals surface area contributed by atoms with E-state index < -0.39 is 0 Å². The topological polar surface area (TPSA) is 51.0 Å². The average molecular weight is 306 g/mol. The van der Waals surface area contributed by atoms with E-state index in [2.05, 4.69) is 20.2 Å². The monoisotopic (exact) mass is 307 g/mol. The summed E-state index contributed by atoms with van der Waals surface area (Å²) in [6, 6.07) is 10.1. The number of fused-ring (bicyclic) bond motifs is 1. The average Bonchev–Trinajstić information content (AvgIpc) is 3.06. The summed E-state index contributed by atoms with van der Waals surface area (Å²) >= 11 is 0.00646. The Morgan fingerprint density at radius 2 is 2.22 bits per heavy atom. The van der Waals surface area contributed by atoms with Crippen molar-refractivity contribution < 1.29 is 4.42 Å². The van der Waals surface area contributed by atoms with Crippen molar-refractivity contribution in [3.05, 3.63) is 42.4 Å². The second-order valence-electron chi connectivity index (χ2n) is 4.06. The fourth-order valence-corrected chi connectivity index (χ4v) is 3.13. The predicted molar refractivity (Wildman–Crippen MR) is 71.8 cm³/mol. The first-order chi connectivity index (χ1) is 8.88. The fourth-order valence-electron chi connectivity index (χ4n) is 1.97. The zero-order valence-corrected chi connectivity index (χ0v) is 11.7. The van der Waals surface area contributed by atoms with E-state index in [9.17, 15) is 0 Å². The molecule has 1 atom stereocenters. The molecule has 3 aromatic rings. The van der Waals surface area contributed by atoms with Gasteiger partial charge in [0.05, 0.1) is 0 Å². The maximum atomic E-state index is 5.47. The molecular weight excluding hydrogens is 293 g/mol. The van der Waals surface area contributed by atoms with Gasteiger partial charge in [0, 0.05) is 0 Å². The van der Waals surface area contributed by atoms with Gasteiger partial charge in [-0.3, -0.25) is 0 Å². The summed E-state index contributed by atoms with van der Waals surface area (Å²) in [6.07, 6.45) is 2.66. The molecule has 1 unspecified atom stereocenters. The number of nitrogens with one attached hydrogen (secondary N) is 1. The zero-order valence-electron chi connectivity index (χ0n) is 9.96. The van der Waals surface area contributed by atoms with E-state index in [1.54, 1.807) is 6.26 Å². The quantitative estimate of drug-likeness (QED) is 0.753. The van der Waals surface area contributed by atoms with Gasteiger partial charge < -0.3 is 0 Å². The number of furan rings is 1. The molecule has 0 aliphatic rings. The summed E-state index contributed by atoms with van der Waals surface area (Å²) < 4.78 is 14.3. The first-order valence-corrected chi connectivity index (χ1v) is 7.43. The van der Waals surface area contributed by atoms with Gasteiger partial charge in [-0.2, -0.15) is 0 Å². The molecule has 1 N–H and O–H groups in total. The minimum atomic E-state index is 0.00646. The van der Waals surface area contributed by atoms with Gasteiger partial charge in [-0.25, -0.2) is 0 Å². The van der Waals surface area contributed by atoms with Crippen molar-refractivity contribution in [3.63, 3.8) is 0 Å². The van der Waals surface area contributed by atoms with Gasteiger partial charge in [-0.05, 0) is 0 Å². The molecule has 92 valence electrons. The standard InChI is InChI=1S/C13H13N3OSe/c1-2-9(12-7-4-8-17-12)14-10-5-3-6-11-13(10)16-18-15-11/h3-9,14H,2H2,1H3. The Morgan fingerprint density at radius 3 is 3.00 bits per heavy atom. The summed E-state index contributed by atoms with van der Waals surface area (Å²) in [5.41, 5.74) is 3.02. The first-order valence-electron chi connectivity index (χ1n) is 5.89. The van der Waals surface area contributed by atoms with Crippen molar-refractivity contribution in [2.24, 2.45) is 0 Å². The van der Waals surface area contributed by atoms with Crippen LogP contribution >= 0.6 is 0 Å². The Bertz CT molecular complexity index is 633. The molecule has 2 aromatic heterocycles. The van der Waals surface area contributed by atoms with Gasteiger partial charge in [0.1, 0.15) is 0 Å². The summed E-state index contributed by atoms with van der Waals surface area (Å²) in [4.78, 5) is 0. The van der Waals surface area contributed by atoms with E-state index >= 15 is 0 Å². The van der Waals surface area contributed by atoms with Crippen molar-refractivity contribution in [2.75, 3.05) is 5.32 Å². The van der Waals surface area contributed by atoms with Crippen molar-refractivity contribution >= 4 is 31.7 Å². The van der Waals surface area contributed by atoms with E-state index in [0.717, 1.165) is 28.9 Å². The van der Waals surface area contributed by atoms with E-state index in [1.165, 1.54) is 0 Å². The maximum absolute atomic E-state index is 5.47. The summed E-state index contributed by atoms with van der Waals surface area (Å²) in [6.45, 7) is 2.13. The Morgan fingerprint density at radius 1 is 1.28 bits per heavy atom. The molecule has 0 saturated heterocycles. The third-order valence-electron chi connectivity index (χ3n) is 2.91. The van der Waals surface area contributed by atoms with Gasteiger partial charge in [0.25, 0.3) is 0 Å². The predicted octanol–water partition coefficient (Wildman–Crippen LogP) is 2.84. The number of hydrogen-bond donors (Lipinski definition) is 1. The summed E-state index contributed by atoms with van der Waals surface area (Å²) in [7, 11) is 0. The zero-order chi connectivity index (χ0) is 12.4. The van der Waals surface area contributed by atoms with Gasteiger partial charge >= 0.3 is 111 Å². The van der Waals surface area contributed by atoms with Crippen LogP contribution in [0.25, 0.3) is 11.0 Å². The molecule has 0 saturated carbocycles. The number of benzene rings is 1. The van der Waals surface area contributed by atoms with Crippen LogP contribution in [0.5, 0.6) is 0 Å². The number of aromatic nitrogens is 2. The van der Waals surface area contributed by atoms with Crippen molar-refractivity contribution in [2.45, 2.75) is 19.4 Å². The van der Waals surface area contributed by atoms with E-state index in [-0.39, 0.29) is 21.0 Å².